The monoisotopic (exact) mass is 1140 g/mol. The normalized spacial score (nSPS) is 11.4. The Kier molecular flexibility index (Phi) is 13.5. The van der Waals surface area contributed by atoms with E-state index in [2.05, 4.69) is 184 Å². The molecule has 0 saturated carbocycles. The number of nitrogens with zero attached hydrogens (tertiary/aromatic N) is 6. The summed E-state index contributed by atoms with van der Waals surface area (Å²) >= 11 is 0. The number of benzene rings is 6. The summed E-state index contributed by atoms with van der Waals surface area (Å²) in [5.74, 6) is 0.731. The van der Waals surface area contributed by atoms with Crippen molar-refractivity contribution in [1.29, 1.82) is 0 Å². The number of imidazole rings is 1. The molecule has 12 aromatic rings. The van der Waals surface area contributed by atoms with Gasteiger partial charge < -0.3 is 14.0 Å². The number of para-hydroxylation sites is 1. The average Bonchev–Trinajstić information content (AvgIpc) is 3.99. The van der Waals surface area contributed by atoms with Crippen LogP contribution in [0, 0.1) is 39.8 Å². The summed E-state index contributed by atoms with van der Waals surface area (Å²) in [6.07, 6.45) is 3.90. The van der Waals surface area contributed by atoms with Crippen LogP contribution in [0.3, 0.4) is 0 Å². The summed E-state index contributed by atoms with van der Waals surface area (Å²) in [6, 6.07) is 67.3. The summed E-state index contributed by atoms with van der Waals surface area (Å²) in [7, 11) is -1.51. The standard InChI is InChI=1S/C43H29N4O.C21H23N2Si.Ir/c1-27-21-22-35(41-38(27)34-23-24-36(46-43(34)48-41)31-17-10-5-11-18-31)42-45-37-25-26-44-28(2)39(37)47(42)40-32(29-13-6-3-7-14-29)19-12-20-33(40)30-15-8-4-9-16-30;1-15-11-18(12-16(2)23-15)19-13-20(17-9-7-6-8-10-17)22-14-21(19)24(3,4)5;/h3-21,23-26H,1-2H3;6-9,11-14H,1-5H3;/q2*-1;. The van der Waals surface area contributed by atoms with Crippen LogP contribution in [0.15, 0.2) is 193 Å². The zero-order chi connectivity index (χ0) is 49.5. The first kappa shape index (κ1) is 48.7. The molecule has 0 aliphatic heterocycles. The molecular weight excluding hydrogens is 1090 g/mol. The van der Waals surface area contributed by atoms with Crippen LogP contribution in [0.25, 0.3) is 106 Å². The molecule has 0 bridgehead atoms. The smallest absolute Gasteiger partial charge is 0.216 e. The number of aromatic nitrogens is 6. The minimum atomic E-state index is -1.51. The second-order valence-corrected chi connectivity index (χ2v) is 24.4. The van der Waals surface area contributed by atoms with E-state index in [1.807, 2.05) is 73.8 Å². The van der Waals surface area contributed by atoms with E-state index in [0.29, 0.717) is 11.3 Å². The van der Waals surface area contributed by atoms with Gasteiger partial charge in [0.05, 0.1) is 47.6 Å². The van der Waals surface area contributed by atoms with Gasteiger partial charge in [0.1, 0.15) is 0 Å². The molecule has 6 aromatic carbocycles. The summed E-state index contributed by atoms with van der Waals surface area (Å²) in [5, 5.41) is 3.36. The summed E-state index contributed by atoms with van der Waals surface area (Å²) < 4.78 is 8.98. The number of hydrogen-bond acceptors (Lipinski definition) is 6. The van der Waals surface area contributed by atoms with Crippen LogP contribution in [-0.4, -0.2) is 37.6 Å². The van der Waals surface area contributed by atoms with Crippen LogP contribution < -0.4 is 5.19 Å². The fraction of sp³-hybridized carbons (Fsp3) is 0.109. The number of furan rings is 1. The molecule has 359 valence electrons. The van der Waals surface area contributed by atoms with E-state index >= 15 is 0 Å². The van der Waals surface area contributed by atoms with Crippen LogP contribution in [-0.2, 0) is 20.1 Å². The topological polar surface area (TPSA) is 82.5 Å². The molecule has 0 amide bonds. The van der Waals surface area contributed by atoms with Gasteiger partial charge in [-0.15, -0.1) is 53.6 Å². The Bertz CT molecular complexity index is 3870. The Hall–Kier alpha value is -7.94. The second-order valence-electron chi connectivity index (χ2n) is 19.3. The minimum Gasteiger partial charge on any atom is -0.486 e. The molecule has 0 atom stereocenters. The Morgan fingerprint density at radius 3 is 1.84 bits per heavy atom. The molecule has 0 fully saturated rings. The maximum Gasteiger partial charge on any atom is 0.216 e. The Morgan fingerprint density at radius 2 is 1.21 bits per heavy atom. The van der Waals surface area contributed by atoms with E-state index in [-0.39, 0.29) is 20.1 Å². The van der Waals surface area contributed by atoms with Crippen molar-refractivity contribution in [3.05, 3.63) is 223 Å². The van der Waals surface area contributed by atoms with E-state index in [1.54, 1.807) is 0 Å². The van der Waals surface area contributed by atoms with Crippen molar-refractivity contribution >= 4 is 46.4 Å². The van der Waals surface area contributed by atoms with Crippen molar-refractivity contribution in [2.24, 2.45) is 0 Å². The summed E-state index contributed by atoms with van der Waals surface area (Å²) in [4.78, 5) is 24.3. The maximum absolute atomic E-state index is 6.72. The van der Waals surface area contributed by atoms with Gasteiger partial charge in [0.2, 0.25) is 5.71 Å². The van der Waals surface area contributed by atoms with E-state index in [1.165, 1.54) is 16.3 Å². The number of aryl methyl sites for hydroxylation is 4. The SMILES string of the molecule is Cc1c[c-]c(-c2nc3ccnc(C)c3n2-c2c(-c3ccccc3)cccc2-c2ccccc2)c2oc3nc(-c4ccccc4)ccc3c12.Cc1cc(-c2cc(-c3[c-]cccc3)ncc2[Si](C)(C)C)cc(C)n1.[Ir]. The first-order chi connectivity index (χ1) is 35.0. The molecular formula is C64H52IrN6OSi-2. The van der Waals surface area contributed by atoms with Crippen LogP contribution in [0.4, 0.5) is 0 Å². The molecule has 0 aliphatic carbocycles. The van der Waals surface area contributed by atoms with Gasteiger partial charge in [0.15, 0.2) is 0 Å². The van der Waals surface area contributed by atoms with Gasteiger partial charge >= 0.3 is 0 Å². The zero-order valence-electron chi connectivity index (χ0n) is 41.8. The van der Waals surface area contributed by atoms with Crippen LogP contribution in [0.2, 0.25) is 19.6 Å². The predicted molar refractivity (Wildman–Crippen MR) is 298 cm³/mol. The summed E-state index contributed by atoms with van der Waals surface area (Å²) in [6.45, 7) is 15.3. The van der Waals surface area contributed by atoms with Gasteiger partial charge in [-0.1, -0.05) is 153 Å². The van der Waals surface area contributed by atoms with Crippen molar-refractivity contribution in [3.8, 4) is 73.0 Å². The van der Waals surface area contributed by atoms with Gasteiger partial charge in [0.25, 0.3) is 0 Å². The third kappa shape index (κ3) is 9.51. The third-order valence-corrected chi connectivity index (χ3v) is 15.2. The van der Waals surface area contributed by atoms with Gasteiger partial charge in [-0.25, -0.2) is 4.98 Å². The van der Waals surface area contributed by atoms with Gasteiger partial charge in [-0.2, -0.15) is 0 Å². The van der Waals surface area contributed by atoms with Crippen LogP contribution >= 0.6 is 0 Å². The Labute approximate surface area is 441 Å². The molecule has 0 saturated heterocycles. The average molecular weight is 1140 g/mol. The first-order valence-corrected chi connectivity index (χ1v) is 27.8. The first-order valence-electron chi connectivity index (χ1n) is 24.3. The van der Waals surface area contributed by atoms with Crippen molar-refractivity contribution in [2.75, 3.05) is 0 Å². The number of pyridine rings is 4. The second kappa shape index (κ2) is 20.3. The molecule has 0 N–H and O–H groups in total. The summed E-state index contributed by atoms with van der Waals surface area (Å²) in [5.41, 5.74) is 19.8. The van der Waals surface area contributed by atoms with Crippen molar-refractivity contribution in [1.82, 2.24) is 29.5 Å². The minimum absolute atomic E-state index is 0. The number of rotatable bonds is 8. The van der Waals surface area contributed by atoms with Crippen molar-refractivity contribution in [3.63, 3.8) is 0 Å². The fourth-order valence-corrected chi connectivity index (χ4v) is 11.3. The Morgan fingerprint density at radius 1 is 0.562 bits per heavy atom. The van der Waals surface area contributed by atoms with E-state index in [4.69, 9.17) is 24.4 Å². The zero-order valence-corrected chi connectivity index (χ0v) is 45.2. The molecule has 12 rings (SSSR count). The van der Waals surface area contributed by atoms with E-state index < -0.39 is 8.07 Å². The van der Waals surface area contributed by atoms with E-state index in [9.17, 15) is 0 Å². The maximum atomic E-state index is 6.72. The van der Waals surface area contributed by atoms with Gasteiger partial charge in [-0.05, 0) is 84.2 Å². The molecule has 0 unspecified atom stereocenters. The molecule has 73 heavy (non-hydrogen) atoms. The van der Waals surface area contributed by atoms with Crippen LogP contribution in [0.1, 0.15) is 22.6 Å². The van der Waals surface area contributed by atoms with Crippen molar-refractivity contribution in [2.45, 2.75) is 47.3 Å². The fourth-order valence-electron chi connectivity index (χ4n) is 9.83. The number of hydrogen-bond donors (Lipinski definition) is 0. The predicted octanol–water partition coefficient (Wildman–Crippen LogP) is 15.6. The van der Waals surface area contributed by atoms with Gasteiger partial charge in [0, 0.05) is 66.0 Å². The third-order valence-electron chi connectivity index (χ3n) is 13.2. The van der Waals surface area contributed by atoms with Crippen LogP contribution in [0.5, 0.6) is 0 Å². The molecule has 7 nitrogen and oxygen atoms in total. The molecule has 0 aliphatic rings. The Balaban J connectivity index is 0.000000207. The largest absolute Gasteiger partial charge is 0.486 e. The van der Waals surface area contributed by atoms with E-state index in [0.717, 1.165) is 106 Å². The molecule has 9 heteroatoms. The molecule has 6 heterocycles. The van der Waals surface area contributed by atoms with Gasteiger partial charge in [-0.3, -0.25) is 15.0 Å². The number of fused-ring (bicyclic) bond motifs is 4. The molecule has 1 radical (unpaired) electrons. The van der Waals surface area contributed by atoms with Crippen molar-refractivity contribution < 1.29 is 24.5 Å². The molecule has 6 aromatic heterocycles. The quantitative estimate of drug-likeness (QED) is 0.111. The molecule has 0 spiro atoms.